The van der Waals surface area contributed by atoms with Crippen molar-refractivity contribution in [2.45, 2.75) is 50.9 Å². The molecule has 0 spiro atoms. The number of fused-ring (bicyclic) bond motifs is 1. The van der Waals surface area contributed by atoms with Crippen molar-refractivity contribution in [3.05, 3.63) is 29.8 Å². The molecule has 0 bridgehead atoms. The summed E-state index contributed by atoms with van der Waals surface area (Å²) in [5.41, 5.74) is 2.69. The lowest BCUT2D eigenvalue weighted by atomic mass is 9.98. The van der Waals surface area contributed by atoms with Gasteiger partial charge in [-0.2, -0.15) is 0 Å². The summed E-state index contributed by atoms with van der Waals surface area (Å²) in [5.74, 6) is 4.54. The van der Waals surface area contributed by atoms with E-state index in [9.17, 15) is 4.79 Å². The summed E-state index contributed by atoms with van der Waals surface area (Å²) in [6, 6.07) is 8.75. The van der Waals surface area contributed by atoms with E-state index in [0.717, 1.165) is 69.2 Å². The van der Waals surface area contributed by atoms with Crippen LogP contribution in [0.3, 0.4) is 0 Å². The second-order valence-electron chi connectivity index (χ2n) is 9.41. The number of para-hydroxylation sites is 1. The van der Waals surface area contributed by atoms with Crippen molar-refractivity contribution in [1.29, 1.82) is 0 Å². The predicted octanol–water partition coefficient (Wildman–Crippen LogP) is 3.61. The minimum Gasteiger partial charge on any atom is -0.356 e. The molecule has 2 saturated carbocycles. The molecule has 2 aliphatic carbocycles. The molecule has 156 valence electrons. The summed E-state index contributed by atoms with van der Waals surface area (Å²) in [5, 5.41) is 3.73. The van der Waals surface area contributed by atoms with Gasteiger partial charge >= 0.3 is 0 Å². The fourth-order valence-electron chi connectivity index (χ4n) is 5.47. The van der Waals surface area contributed by atoms with Gasteiger partial charge in [0.1, 0.15) is 0 Å². The van der Waals surface area contributed by atoms with Crippen LogP contribution in [0, 0.1) is 17.8 Å². The van der Waals surface area contributed by atoms with Crippen LogP contribution in [0.1, 0.15) is 56.4 Å². The van der Waals surface area contributed by atoms with E-state index in [1.165, 1.54) is 36.9 Å². The Bertz CT molecular complexity index is 771. The average molecular weight is 395 g/mol. The number of benzene rings is 1. The molecule has 1 atom stereocenters. The number of hydrogen-bond donors (Lipinski definition) is 1. The van der Waals surface area contributed by atoms with Crippen LogP contribution in [-0.2, 0) is 4.79 Å². The fourth-order valence-corrected chi connectivity index (χ4v) is 5.47. The number of aliphatic imine (C=N–C) groups is 1. The maximum atomic E-state index is 12.0. The number of carbonyl (C=O) groups is 1. The SMILES string of the molecule is CN=C(NCC(C1CC1)C1CC1)N1CC(CCN2CCCC2=O)c2ccccc21. The third-order valence-corrected chi connectivity index (χ3v) is 7.41. The number of carbonyl (C=O) groups excluding carboxylic acids is 1. The number of rotatable bonds is 7. The van der Waals surface area contributed by atoms with Gasteiger partial charge in [0.2, 0.25) is 5.91 Å². The van der Waals surface area contributed by atoms with Crippen LogP contribution >= 0.6 is 0 Å². The van der Waals surface area contributed by atoms with E-state index in [0.29, 0.717) is 11.8 Å². The quantitative estimate of drug-likeness (QED) is 0.568. The summed E-state index contributed by atoms with van der Waals surface area (Å²) < 4.78 is 0. The highest BCUT2D eigenvalue weighted by atomic mass is 16.2. The van der Waals surface area contributed by atoms with Crippen molar-refractivity contribution in [1.82, 2.24) is 10.2 Å². The Morgan fingerprint density at radius 2 is 1.97 bits per heavy atom. The predicted molar refractivity (Wildman–Crippen MR) is 117 cm³/mol. The van der Waals surface area contributed by atoms with Gasteiger partial charge in [0.25, 0.3) is 0 Å². The molecule has 29 heavy (non-hydrogen) atoms. The van der Waals surface area contributed by atoms with Crippen LogP contribution in [0.2, 0.25) is 0 Å². The maximum absolute atomic E-state index is 12.0. The van der Waals surface area contributed by atoms with Gasteiger partial charge in [0, 0.05) is 51.3 Å². The van der Waals surface area contributed by atoms with Gasteiger partial charge in [-0.3, -0.25) is 9.79 Å². The molecule has 5 nitrogen and oxygen atoms in total. The highest BCUT2D eigenvalue weighted by molar-refractivity contribution is 5.98. The van der Waals surface area contributed by atoms with Crippen LogP contribution in [0.4, 0.5) is 5.69 Å². The minimum atomic E-state index is 0.330. The zero-order chi connectivity index (χ0) is 19.8. The standard InChI is InChI=1S/C24H34N4O/c1-25-24(26-15-21(17-8-9-17)18-10-11-18)28-16-19(20-5-2-3-6-22(20)28)12-14-27-13-4-7-23(27)29/h2-3,5-6,17-19,21H,4,7-16H2,1H3,(H,25,26). The van der Waals surface area contributed by atoms with E-state index < -0.39 is 0 Å². The summed E-state index contributed by atoms with van der Waals surface area (Å²) in [4.78, 5) is 21.1. The molecular formula is C24H34N4O. The van der Waals surface area contributed by atoms with Crippen molar-refractivity contribution >= 4 is 17.6 Å². The molecule has 2 heterocycles. The molecule has 0 aromatic heterocycles. The highest BCUT2D eigenvalue weighted by Crippen LogP contribution is 2.49. The second-order valence-corrected chi connectivity index (χ2v) is 9.41. The number of nitrogens with zero attached hydrogens (tertiary/aromatic N) is 3. The van der Waals surface area contributed by atoms with Crippen LogP contribution in [0.15, 0.2) is 29.3 Å². The van der Waals surface area contributed by atoms with Crippen LogP contribution in [-0.4, -0.2) is 50.0 Å². The number of guanidine groups is 1. The van der Waals surface area contributed by atoms with Crippen LogP contribution in [0.5, 0.6) is 0 Å². The Balaban J connectivity index is 1.25. The lowest BCUT2D eigenvalue weighted by Crippen LogP contribution is -2.43. The molecule has 1 aromatic rings. The largest absolute Gasteiger partial charge is 0.356 e. The first-order chi connectivity index (χ1) is 14.2. The zero-order valence-electron chi connectivity index (χ0n) is 17.6. The maximum Gasteiger partial charge on any atom is 0.222 e. The first-order valence-electron chi connectivity index (χ1n) is 11.6. The van der Waals surface area contributed by atoms with E-state index >= 15 is 0 Å². The Labute approximate surface area is 174 Å². The van der Waals surface area contributed by atoms with E-state index in [1.807, 2.05) is 11.9 Å². The third-order valence-electron chi connectivity index (χ3n) is 7.41. The molecule has 2 aliphatic heterocycles. The first kappa shape index (κ1) is 19.0. The van der Waals surface area contributed by atoms with Gasteiger partial charge in [-0.25, -0.2) is 0 Å². The van der Waals surface area contributed by atoms with Crippen molar-refractivity contribution < 1.29 is 4.79 Å². The minimum absolute atomic E-state index is 0.330. The van der Waals surface area contributed by atoms with Crippen LogP contribution in [0.25, 0.3) is 0 Å². The normalized spacial score (nSPS) is 24.6. The van der Waals surface area contributed by atoms with E-state index in [1.54, 1.807) is 0 Å². The number of nitrogens with one attached hydrogen (secondary N) is 1. The first-order valence-corrected chi connectivity index (χ1v) is 11.6. The molecule has 1 amide bonds. The third kappa shape index (κ3) is 4.01. The second kappa shape index (κ2) is 8.00. The lowest BCUT2D eigenvalue weighted by Gasteiger charge is -2.25. The van der Waals surface area contributed by atoms with Gasteiger partial charge in [-0.15, -0.1) is 0 Å². The molecule has 1 aromatic carbocycles. The molecule has 0 radical (unpaired) electrons. The Kier molecular flexibility index (Phi) is 5.23. The molecule has 4 aliphatic rings. The molecule has 5 heteroatoms. The van der Waals surface area contributed by atoms with E-state index in [-0.39, 0.29) is 0 Å². The molecule has 1 unspecified atom stereocenters. The zero-order valence-corrected chi connectivity index (χ0v) is 17.6. The van der Waals surface area contributed by atoms with Gasteiger partial charge in [-0.1, -0.05) is 18.2 Å². The Hall–Kier alpha value is -2.04. The summed E-state index contributed by atoms with van der Waals surface area (Å²) in [7, 11) is 1.91. The average Bonchev–Trinajstić information content (AvgIpc) is 3.67. The van der Waals surface area contributed by atoms with Gasteiger partial charge in [0.15, 0.2) is 5.96 Å². The van der Waals surface area contributed by atoms with Gasteiger partial charge in [-0.05, 0) is 67.9 Å². The molecular weight excluding hydrogens is 360 g/mol. The smallest absolute Gasteiger partial charge is 0.222 e. The highest BCUT2D eigenvalue weighted by Gasteiger charge is 2.41. The van der Waals surface area contributed by atoms with Gasteiger partial charge < -0.3 is 15.1 Å². The molecule has 1 saturated heterocycles. The summed E-state index contributed by atoms with van der Waals surface area (Å²) in [6.07, 6.45) is 8.47. The van der Waals surface area contributed by atoms with Crippen molar-refractivity contribution in [2.75, 3.05) is 38.1 Å². The van der Waals surface area contributed by atoms with Gasteiger partial charge in [0.05, 0.1) is 0 Å². The molecule has 5 rings (SSSR count). The van der Waals surface area contributed by atoms with E-state index in [2.05, 4.69) is 39.5 Å². The number of hydrogen-bond acceptors (Lipinski definition) is 2. The molecule has 1 N–H and O–H groups in total. The lowest BCUT2D eigenvalue weighted by molar-refractivity contribution is -0.127. The van der Waals surface area contributed by atoms with Crippen molar-refractivity contribution in [2.24, 2.45) is 22.7 Å². The van der Waals surface area contributed by atoms with Crippen molar-refractivity contribution in [3.63, 3.8) is 0 Å². The monoisotopic (exact) mass is 394 g/mol. The number of anilines is 1. The fraction of sp³-hybridized carbons (Fsp3) is 0.667. The number of likely N-dealkylation sites (tertiary alicyclic amines) is 1. The molecule has 3 fully saturated rings. The summed E-state index contributed by atoms with van der Waals surface area (Å²) >= 11 is 0. The van der Waals surface area contributed by atoms with Crippen molar-refractivity contribution in [3.8, 4) is 0 Å². The number of amides is 1. The Morgan fingerprint density at radius 3 is 2.62 bits per heavy atom. The Morgan fingerprint density at radius 1 is 1.21 bits per heavy atom. The topological polar surface area (TPSA) is 47.9 Å². The van der Waals surface area contributed by atoms with Crippen LogP contribution < -0.4 is 10.2 Å². The van der Waals surface area contributed by atoms with E-state index in [4.69, 9.17) is 0 Å². The summed E-state index contributed by atoms with van der Waals surface area (Å²) in [6.45, 7) is 3.83.